The molecule has 1 aromatic carbocycles. The van der Waals surface area contributed by atoms with Crippen molar-refractivity contribution < 1.29 is 0 Å². The minimum absolute atomic E-state index is 0.712. The number of piperidine rings is 1. The van der Waals surface area contributed by atoms with Gasteiger partial charge in [0, 0.05) is 31.2 Å². The van der Waals surface area contributed by atoms with Crippen molar-refractivity contribution in [1.29, 1.82) is 0 Å². The van der Waals surface area contributed by atoms with Crippen LogP contribution in [0.15, 0.2) is 24.3 Å². The Hall–Kier alpha value is -1.02. The maximum absolute atomic E-state index is 3.54. The third-order valence-corrected chi connectivity index (χ3v) is 4.68. The van der Waals surface area contributed by atoms with Crippen molar-refractivity contribution in [2.45, 2.75) is 32.6 Å². The number of nitrogens with zero attached hydrogens (tertiary/aromatic N) is 1. The van der Waals surface area contributed by atoms with E-state index < -0.39 is 0 Å². The molecule has 3 unspecified atom stereocenters. The Morgan fingerprint density at radius 2 is 1.89 bits per heavy atom. The minimum Gasteiger partial charge on any atom is -0.384 e. The lowest BCUT2D eigenvalue weighted by atomic mass is 9.91. The molecule has 1 aromatic rings. The van der Waals surface area contributed by atoms with Gasteiger partial charge in [-0.2, -0.15) is 0 Å². The molecule has 3 rings (SSSR count). The number of hydrogen-bond donors (Lipinski definition) is 1. The van der Waals surface area contributed by atoms with E-state index in [9.17, 15) is 0 Å². The Bertz CT molecular complexity index is 419. The van der Waals surface area contributed by atoms with Crippen molar-refractivity contribution in [3.05, 3.63) is 29.8 Å². The molecule has 0 bridgehead atoms. The molecule has 0 saturated carbocycles. The maximum Gasteiger partial charge on any atom is 0.0376 e. The molecule has 2 heteroatoms. The topological polar surface area (TPSA) is 15.3 Å². The van der Waals surface area contributed by atoms with Gasteiger partial charge in [-0.15, -0.1) is 0 Å². The fourth-order valence-electron chi connectivity index (χ4n) is 3.93. The fourth-order valence-corrected chi connectivity index (χ4v) is 3.93. The molecule has 0 spiro atoms. The number of para-hydroxylation sites is 1. The van der Waals surface area contributed by atoms with Crippen molar-refractivity contribution in [2.75, 3.05) is 31.5 Å². The Labute approximate surface area is 117 Å². The number of benzene rings is 1. The van der Waals surface area contributed by atoms with Gasteiger partial charge >= 0.3 is 0 Å². The number of nitrogens with one attached hydrogen (secondary N) is 1. The Morgan fingerprint density at radius 1 is 1.16 bits per heavy atom. The average molecular weight is 258 g/mol. The van der Waals surface area contributed by atoms with Crippen molar-refractivity contribution in [1.82, 2.24) is 4.90 Å². The highest BCUT2D eigenvalue weighted by atomic mass is 15.1. The first-order valence-electron chi connectivity index (χ1n) is 7.77. The quantitative estimate of drug-likeness (QED) is 0.891. The first kappa shape index (κ1) is 13.0. The van der Waals surface area contributed by atoms with E-state index in [1.165, 1.54) is 43.7 Å². The number of anilines is 1. The molecule has 1 saturated heterocycles. The SMILES string of the molecule is CC1CC(C)CN(CCC2CNc3ccccc32)C1. The van der Waals surface area contributed by atoms with Gasteiger partial charge in [-0.3, -0.25) is 0 Å². The van der Waals surface area contributed by atoms with Crippen LogP contribution < -0.4 is 5.32 Å². The zero-order valence-electron chi connectivity index (χ0n) is 12.2. The van der Waals surface area contributed by atoms with E-state index >= 15 is 0 Å². The molecule has 0 radical (unpaired) electrons. The Kier molecular flexibility index (Phi) is 3.79. The van der Waals surface area contributed by atoms with Crippen LogP contribution >= 0.6 is 0 Å². The summed E-state index contributed by atoms with van der Waals surface area (Å²) in [5.74, 6) is 2.46. The summed E-state index contributed by atoms with van der Waals surface area (Å²) in [6.45, 7) is 9.77. The summed E-state index contributed by atoms with van der Waals surface area (Å²) in [5.41, 5.74) is 2.88. The Morgan fingerprint density at radius 3 is 2.68 bits per heavy atom. The zero-order valence-corrected chi connectivity index (χ0v) is 12.2. The first-order chi connectivity index (χ1) is 9.22. The number of rotatable bonds is 3. The summed E-state index contributed by atoms with van der Waals surface area (Å²) >= 11 is 0. The van der Waals surface area contributed by atoms with E-state index in [0.717, 1.165) is 18.4 Å². The molecule has 2 heterocycles. The zero-order chi connectivity index (χ0) is 13.2. The van der Waals surface area contributed by atoms with E-state index in [1.807, 2.05) is 0 Å². The lowest BCUT2D eigenvalue weighted by Crippen LogP contribution is -2.39. The summed E-state index contributed by atoms with van der Waals surface area (Å²) in [5, 5.41) is 3.54. The van der Waals surface area contributed by atoms with Gasteiger partial charge in [0.2, 0.25) is 0 Å². The summed E-state index contributed by atoms with van der Waals surface area (Å²) < 4.78 is 0. The van der Waals surface area contributed by atoms with Gasteiger partial charge in [0.25, 0.3) is 0 Å². The summed E-state index contributed by atoms with van der Waals surface area (Å²) in [7, 11) is 0. The van der Waals surface area contributed by atoms with Crippen molar-refractivity contribution in [2.24, 2.45) is 11.8 Å². The van der Waals surface area contributed by atoms with Gasteiger partial charge in [-0.1, -0.05) is 32.0 Å². The van der Waals surface area contributed by atoms with Gasteiger partial charge in [-0.25, -0.2) is 0 Å². The second-order valence-electron chi connectivity index (χ2n) is 6.66. The van der Waals surface area contributed by atoms with Crippen LogP contribution in [-0.2, 0) is 0 Å². The predicted molar refractivity (Wildman–Crippen MR) is 81.7 cm³/mol. The molecule has 0 amide bonds. The second kappa shape index (κ2) is 5.54. The van der Waals surface area contributed by atoms with Gasteiger partial charge in [0.1, 0.15) is 0 Å². The lowest BCUT2D eigenvalue weighted by Gasteiger charge is -2.35. The largest absolute Gasteiger partial charge is 0.384 e. The van der Waals surface area contributed by atoms with E-state index in [-0.39, 0.29) is 0 Å². The standard InChI is InChI=1S/C17H26N2/c1-13-9-14(2)12-19(11-13)8-7-15-10-18-17-6-4-3-5-16(15)17/h3-6,13-15,18H,7-12H2,1-2H3. The summed E-state index contributed by atoms with van der Waals surface area (Å²) in [6, 6.07) is 8.80. The molecule has 104 valence electrons. The van der Waals surface area contributed by atoms with E-state index in [1.54, 1.807) is 0 Å². The monoisotopic (exact) mass is 258 g/mol. The van der Waals surface area contributed by atoms with Gasteiger partial charge in [-0.05, 0) is 42.9 Å². The number of hydrogen-bond acceptors (Lipinski definition) is 2. The molecular weight excluding hydrogens is 232 g/mol. The molecule has 19 heavy (non-hydrogen) atoms. The lowest BCUT2D eigenvalue weighted by molar-refractivity contribution is 0.137. The smallest absolute Gasteiger partial charge is 0.0376 e. The third kappa shape index (κ3) is 2.94. The van der Waals surface area contributed by atoms with Gasteiger partial charge in [0.15, 0.2) is 0 Å². The molecule has 1 N–H and O–H groups in total. The van der Waals surface area contributed by atoms with E-state index in [0.29, 0.717) is 5.92 Å². The van der Waals surface area contributed by atoms with Crippen LogP contribution in [0.2, 0.25) is 0 Å². The van der Waals surface area contributed by atoms with E-state index in [4.69, 9.17) is 0 Å². The molecule has 2 nitrogen and oxygen atoms in total. The summed E-state index contributed by atoms with van der Waals surface area (Å²) in [6.07, 6.45) is 2.70. The predicted octanol–water partition coefficient (Wildman–Crippen LogP) is 3.56. The average Bonchev–Trinajstić information content (AvgIpc) is 2.78. The van der Waals surface area contributed by atoms with Crippen LogP contribution in [-0.4, -0.2) is 31.1 Å². The Balaban J connectivity index is 1.56. The summed E-state index contributed by atoms with van der Waals surface area (Å²) in [4.78, 5) is 2.68. The molecule has 3 atom stereocenters. The van der Waals surface area contributed by atoms with Crippen molar-refractivity contribution >= 4 is 5.69 Å². The van der Waals surface area contributed by atoms with Crippen LogP contribution in [0.5, 0.6) is 0 Å². The van der Waals surface area contributed by atoms with Crippen molar-refractivity contribution in [3.63, 3.8) is 0 Å². The van der Waals surface area contributed by atoms with Crippen LogP contribution in [0.1, 0.15) is 38.2 Å². The van der Waals surface area contributed by atoms with Crippen molar-refractivity contribution in [3.8, 4) is 0 Å². The van der Waals surface area contributed by atoms with Crippen LogP contribution in [0.4, 0.5) is 5.69 Å². The first-order valence-corrected chi connectivity index (χ1v) is 7.77. The van der Waals surface area contributed by atoms with Crippen LogP contribution in [0, 0.1) is 11.8 Å². The minimum atomic E-state index is 0.712. The molecule has 0 aliphatic carbocycles. The maximum atomic E-state index is 3.54. The van der Waals surface area contributed by atoms with Crippen LogP contribution in [0.3, 0.4) is 0 Å². The molecular formula is C17H26N2. The molecule has 2 aliphatic heterocycles. The van der Waals surface area contributed by atoms with Gasteiger partial charge < -0.3 is 10.2 Å². The van der Waals surface area contributed by atoms with E-state index in [2.05, 4.69) is 48.3 Å². The molecule has 0 aromatic heterocycles. The highest BCUT2D eigenvalue weighted by molar-refractivity contribution is 5.57. The number of likely N-dealkylation sites (tertiary alicyclic amines) is 1. The second-order valence-corrected chi connectivity index (χ2v) is 6.66. The van der Waals surface area contributed by atoms with Crippen LogP contribution in [0.25, 0.3) is 0 Å². The molecule has 1 fully saturated rings. The highest BCUT2D eigenvalue weighted by Gasteiger charge is 2.25. The third-order valence-electron chi connectivity index (χ3n) is 4.68. The van der Waals surface area contributed by atoms with Gasteiger partial charge in [0.05, 0.1) is 0 Å². The fraction of sp³-hybridized carbons (Fsp3) is 0.647. The number of fused-ring (bicyclic) bond motifs is 1. The highest BCUT2D eigenvalue weighted by Crippen LogP contribution is 2.33. The normalized spacial score (nSPS) is 30.9. The molecule has 2 aliphatic rings.